The molecule has 0 fully saturated rings. The van der Waals surface area contributed by atoms with Crippen molar-refractivity contribution < 1.29 is 18.0 Å². The minimum absolute atomic E-state index is 0.0675. The van der Waals surface area contributed by atoms with Gasteiger partial charge in [0.25, 0.3) is 0 Å². The van der Waals surface area contributed by atoms with Gasteiger partial charge < -0.3 is 0 Å². The zero-order chi connectivity index (χ0) is 13.8. The Labute approximate surface area is 105 Å². The molecule has 1 nitrogen and oxygen atoms in total. The van der Waals surface area contributed by atoms with Crippen LogP contribution in [0.5, 0.6) is 0 Å². The van der Waals surface area contributed by atoms with E-state index >= 15 is 0 Å². The van der Waals surface area contributed by atoms with Crippen molar-refractivity contribution in [1.82, 2.24) is 0 Å². The molecule has 0 amide bonds. The van der Waals surface area contributed by atoms with E-state index in [1.807, 2.05) is 6.92 Å². The van der Waals surface area contributed by atoms with Crippen LogP contribution < -0.4 is 0 Å². The molecule has 1 aromatic carbocycles. The molecule has 1 aromatic rings. The molecular formula is C14H17F3O. The number of Topliss-reactive ketones (excluding diaryl/α,β-unsaturated/α-hetero) is 1. The molecule has 0 spiro atoms. The largest absolute Gasteiger partial charge is 0.416 e. The van der Waals surface area contributed by atoms with Crippen LogP contribution in [0.1, 0.15) is 37.8 Å². The van der Waals surface area contributed by atoms with Gasteiger partial charge in [-0.25, -0.2) is 0 Å². The lowest BCUT2D eigenvalue weighted by molar-refractivity contribution is -0.138. The van der Waals surface area contributed by atoms with Crippen molar-refractivity contribution in [3.8, 4) is 0 Å². The van der Waals surface area contributed by atoms with Gasteiger partial charge in [-0.15, -0.1) is 0 Å². The number of rotatable bonds is 5. The number of hydrogen-bond donors (Lipinski definition) is 0. The SMILES string of the molecule is CCCC(C)C(=O)Cc1ccccc1C(F)(F)F. The highest BCUT2D eigenvalue weighted by molar-refractivity contribution is 5.83. The molecule has 0 radical (unpaired) electrons. The third-order valence-electron chi connectivity index (χ3n) is 2.96. The second-order valence-corrected chi connectivity index (χ2v) is 4.49. The van der Waals surface area contributed by atoms with Crippen molar-refractivity contribution >= 4 is 5.78 Å². The van der Waals surface area contributed by atoms with Crippen LogP contribution in [0.4, 0.5) is 13.2 Å². The van der Waals surface area contributed by atoms with Crippen LogP contribution >= 0.6 is 0 Å². The molecule has 0 N–H and O–H groups in total. The molecule has 1 atom stereocenters. The lowest BCUT2D eigenvalue weighted by Crippen LogP contribution is -2.17. The fourth-order valence-corrected chi connectivity index (χ4v) is 1.91. The summed E-state index contributed by atoms with van der Waals surface area (Å²) in [5, 5.41) is 0. The van der Waals surface area contributed by atoms with Gasteiger partial charge in [-0.1, -0.05) is 38.5 Å². The summed E-state index contributed by atoms with van der Waals surface area (Å²) >= 11 is 0. The third-order valence-corrected chi connectivity index (χ3v) is 2.96. The Morgan fingerprint density at radius 1 is 1.28 bits per heavy atom. The summed E-state index contributed by atoms with van der Waals surface area (Å²) in [7, 11) is 0. The molecule has 18 heavy (non-hydrogen) atoms. The maximum Gasteiger partial charge on any atom is 0.416 e. The van der Waals surface area contributed by atoms with Crippen LogP contribution in [-0.4, -0.2) is 5.78 Å². The fraction of sp³-hybridized carbons (Fsp3) is 0.500. The van der Waals surface area contributed by atoms with E-state index in [2.05, 4.69) is 0 Å². The quantitative estimate of drug-likeness (QED) is 0.771. The molecule has 0 saturated carbocycles. The molecule has 1 rings (SSSR count). The summed E-state index contributed by atoms with van der Waals surface area (Å²) < 4.78 is 38.2. The normalized spacial score (nSPS) is 13.4. The molecule has 0 aliphatic heterocycles. The molecule has 0 aromatic heterocycles. The summed E-state index contributed by atoms with van der Waals surface area (Å²) in [6.45, 7) is 3.72. The Bertz CT molecular complexity index is 410. The maximum absolute atomic E-state index is 12.7. The standard InChI is InChI=1S/C14H17F3O/c1-3-6-10(2)13(18)9-11-7-4-5-8-12(11)14(15,16)17/h4-5,7-8,10H,3,6,9H2,1-2H3. The van der Waals surface area contributed by atoms with Crippen molar-refractivity contribution in [3.05, 3.63) is 35.4 Å². The third kappa shape index (κ3) is 3.86. The van der Waals surface area contributed by atoms with Gasteiger partial charge in [-0.05, 0) is 18.1 Å². The van der Waals surface area contributed by atoms with E-state index < -0.39 is 11.7 Å². The number of ketones is 1. The Morgan fingerprint density at radius 2 is 1.89 bits per heavy atom. The van der Waals surface area contributed by atoms with Crippen molar-refractivity contribution in [1.29, 1.82) is 0 Å². The van der Waals surface area contributed by atoms with Crippen LogP contribution in [0.15, 0.2) is 24.3 Å². The summed E-state index contributed by atoms with van der Waals surface area (Å²) in [6.07, 6.45) is -2.97. The topological polar surface area (TPSA) is 17.1 Å². The first kappa shape index (κ1) is 14.7. The van der Waals surface area contributed by atoms with E-state index in [0.717, 1.165) is 12.5 Å². The van der Waals surface area contributed by atoms with Crippen molar-refractivity contribution in [2.24, 2.45) is 5.92 Å². The summed E-state index contributed by atoms with van der Waals surface area (Å²) in [5.74, 6) is -0.315. The summed E-state index contributed by atoms with van der Waals surface area (Å²) in [5.41, 5.74) is -0.639. The van der Waals surface area contributed by atoms with Crippen LogP contribution in [0.3, 0.4) is 0 Å². The predicted molar refractivity (Wildman–Crippen MR) is 64.2 cm³/mol. The zero-order valence-electron chi connectivity index (χ0n) is 10.6. The van der Waals surface area contributed by atoms with Gasteiger partial charge >= 0.3 is 6.18 Å². The van der Waals surface area contributed by atoms with E-state index in [-0.39, 0.29) is 23.7 Å². The van der Waals surface area contributed by atoms with Crippen molar-refractivity contribution in [2.45, 2.75) is 39.3 Å². The molecule has 4 heteroatoms. The number of alkyl halides is 3. The zero-order valence-corrected chi connectivity index (χ0v) is 10.6. The Hall–Kier alpha value is -1.32. The molecule has 0 aliphatic carbocycles. The monoisotopic (exact) mass is 258 g/mol. The van der Waals surface area contributed by atoms with Crippen molar-refractivity contribution in [3.63, 3.8) is 0 Å². The van der Waals surface area contributed by atoms with E-state index in [0.29, 0.717) is 6.42 Å². The Morgan fingerprint density at radius 3 is 2.44 bits per heavy atom. The minimum Gasteiger partial charge on any atom is -0.299 e. The van der Waals surface area contributed by atoms with E-state index in [1.54, 1.807) is 6.92 Å². The molecular weight excluding hydrogens is 241 g/mol. The minimum atomic E-state index is -4.40. The highest BCUT2D eigenvalue weighted by Gasteiger charge is 2.33. The molecule has 1 unspecified atom stereocenters. The van der Waals surface area contributed by atoms with Gasteiger partial charge in [0.2, 0.25) is 0 Å². The lowest BCUT2D eigenvalue weighted by Gasteiger charge is -2.14. The highest BCUT2D eigenvalue weighted by atomic mass is 19.4. The van der Waals surface area contributed by atoms with Gasteiger partial charge in [0.1, 0.15) is 5.78 Å². The summed E-state index contributed by atoms with van der Waals surface area (Å²) in [6, 6.07) is 5.26. The Balaban J connectivity index is 2.88. The first-order valence-electron chi connectivity index (χ1n) is 6.04. The first-order valence-corrected chi connectivity index (χ1v) is 6.04. The van der Waals surface area contributed by atoms with Crippen LogP contribution in [0.25, 0.3) is 0 Å². The van der Waals surface area contributed by atoms with Crippen LogP contribution in [0, 0.1) is 5.92 Å². The second kappa shape index (κ2) is 6.03. The van der Waals surface area contributed by atoms with Crippen LogP contribution in [-0.2, 0) is 17.4 Å². The van der Waals surface area contributed by atoms with E-state index in [4.69, 9.17) is 0 Å². The number of hydrogen-bond acceptors (Lipinski definition) is 1. The molecule has 0 saturated heterocycles. The second-order valence-electron chi connectivity index (χ2n) is 4.49. The molecule has 0 bridgehead atoms. The maximum atomic E-state index is 12.7. The fourth-order valence-electron chi connectivity index (χ4n) is 1.91. The first-order chi connectivity index (χ1) is 8.36. The number of benzene rings is 1. The van der Waals surface area contributed by atoms with Crippen LogP contribution in [0.2, 0.25) is 0 Å². The van der Waals surface area contributed by atoms with Gasteiger partial charge in [-0.3, -0.25) is 4.79 Å². The smallest absolute Gasteiger partial charge is 0.299 e. The van der Waals surface area contributed by atoms with E-state index in [1.165, 1.54) is 18.2 Å². The van der Waals surface area contributed by atoms with Crippen molar-refractivity contribution in [2.75, 3.05) is 0 Å². The molecule has 0 heterocycles. The number of carbonyl (C=O) groups is 1. The van der Waals surface area contributed by atoms with Gasteiger partial charge in [0, 0.05) is 12.3 Å². The highest BCUT2D eigenvalue weighted by Crippen LogP contribution is 2.32. The van der Waals surface area contributed by atoms with Gasteiger partial charge in [0.15, 0.2) is 0 Å². The predicted octanol–water partition coefficient (Wildman–Crippen LogP) is 4.25. The summed E-state index contributed by atoms with van der Waals surface area (Å²) in [4.78, 5) is 11.8. The average molecular weight is 258 g/mol. The van der Waals surface area contributed by atoms with Gasteiger partial charge in [-0.2, -0.15) is 13.2 Å². The Kier molecular flexibility index (Phi) is 4.93. The lowest BCUT2D eigenvalue weighted by atomic mass is 9.93. The average Bonchev–Trinajstić information content (AvgIpc) is 2.28. The van der Waals surface area contributed by atoms with E-state index in [9.17, 15) is 18.0 Å². The molecule has 100 valence electrons. The number of carbonyl (C=O) groups excluding carboxylic acids is 1. The molecule has 0 aliphatic rings. The van der Waals surface area contributed by atoms with Gasteiger partial charge in [0.05, 0.1) is 5.56 Å². The number of halogens is 3.